The summed E-state index contributed by atoms with van der Waals surface area (Å²) in [7, 11) is 0. The Bertz CT molecular complexity index is 1250. The van der Waals surface area contributed by atoms with E-state index in [2.05, 4.69) is 34.3 Å². The van der Waals surface area contributed by atoms with Gasteiger partial charge in [-0.1, -0.05) is 67.6 Å². The third kappa shape index (κ3) is 5.11. The largest absolute Gasteiger partial charge is 0.355 e. The van der Waals surface area contributed by atoms with E-state index in [9.17, 15) is 9.59 Å². The number of nitrogens with one attached hydrogen (secondary N) is 2. The molecule has 0 aliphatic rings. The lowest BCUT2D eigenvalue weighted by molar-refractivity contribution is -0.120. The number of rotatable bonds is 8. The van der Waals surface area contributed by atoms with Gasteiger partial charge in [-0.25, -0.2) is 4.98 Å². The number of H-pyrrole nitrogens is 1. The van der Waals surface area contributed by atoms with Gasteiger partial charge in [-0.15, -0.1) is 23.1 Å². The second kappa shape index (κ2) is 10.1. The van der Waals surface area contributed by atoms with Crippen molar-refractivity contribution in [3.8, 4) is 11.1 Å². The Morgan fingerprint density at radius 3 is 2.50 bits per heavy atom. The molecule has 5 nitrogen and oxygen atoms in total. The molecule has 2 aromatic carbocycles. The second-order valence-electron chi connectivity index (χ2n) is 7.72. The van der Waals surface area contributed by atoms with E-state index in [4.69, 9.17) is 0 Å². The van der Waals surface area contributed by atoms with E-state index in [1.807, 2.05) is 60.8 Å². The molecule has 0 spiro atoms. The maximum Gasteiger partial charge on any atom is 0.260 e. The van der Waals surface area contributed by atoms with Gasteiger partial charge in [0.25, 0.3) is 5.56 Å². The molecule has 4 rings (SSSR count). The first kappa shape index (κ1) is 22.3. The van der Waals surface area contributed by atoms with Crippen molar-refractivity contribution in [2.45, 2.75) is 30.8 Å². The highest BCUT2D eigenvalue weighted by atomic mass is 32.2. The number of hydrogen-bond donors (Lipinski definition) is 2. The zero-order valence-electron chi connectivity index (χ0n) is 18.0. The third-order valence-corrected chi connectivity index (χ3v) is 7.39. The molecule has 0 aliphatic carbocycles. The summed E-state index contributed by atoms with van der Waals surface area (Å²) in [5.41, 5.74) is 2.97. The molecule has 7 heteroatoms. The maximum atomic E-state index is 12.8. The van der Waals surface area contributed by atoms with Gasteiger partial charge in [0.2, 0.25) is 5.91 Å². The zero-order chi connectivity index (χ0) is 22.5. The predicted molar refractivity (Wildman–Crippen MR) is 134 cm³/mol. The summed E-state index contributed by atoms with van der Waals surface area (Å²) >= 11 is 2.93. The highest BCUT2D eigenvalue weighted by molar-refractivity contribution is 7.99. The minimum Gasteiger partial charge on any atom is -0.355 e. The van der Waals surface area contributed by atoms with Crippen LogP contribution in [0.2, 0.25) is 0 Å². The minimum absolute atomic E-state index is 0.0105. The molecule has 2 unspecified atom stereocenters. The zero-order valence-corrected chi connectivity index (χ0v) is 19.6. The number of aromatic amines is 1. The van der Waals surface area contributed by atoms with Gasteiger partial charge in [-0.3, -0.25) is 9.59 Å². The number of fused-ring (bicyclic) bond motifs is 1. The smallest absolute Gasteiger partial charge is 0.260 e. The van der Waals surface area contributed by atoms with Gasteiger partial charge in [0.1, 0.15) is 10.7 Å². The van der Waals surface area contributed by atoms with E-state index in [0.29, 0.717) is 23.5 Å². The Labute approximate surface area is 195 Å². The van der Waals surface area contributed by atoms with Crippen molar-refractivity contribution in [3.63, 3.8) is 0 Å². The molecular formula is C25H25N3O2S2. The van der Waals surface area contributed by atoms with Crippen LogP contribution in [0, 0.1) is 0 Å². The van der Waals surface area contributed by atoms with Gasteiger partial charge in [0, 0.05) is 17.5 Å². The fraction of sp³-hybridized carbons (Fsp3) is 0.240. The lowest BCUT2D eigenvalue weighted by atomic mass is 10.0. The number of hydrogen-bond acceptors (Lipinski definition) is 5. The van der Waals surface area contributed by atoms with Crippen LogP contribution in [0.5, 0.6) is 0 Å². The van der Waals surface area contributed by atoms with Crippen LogP contribution < -0.4 is 10.9 Å². The average Bonchev–Trinajstić information content (AvgIpc) is 3.26. The summed E-state index contributed by atoms with van der Waals surface area (Å²) in [5, 5.41) is 5.38. The fourth-order valence-electron chi connectivity index (χ4n) is 3.47. The van der Waals surface area contributed by atoms with Crippen LogP contribution >= 0.6 is 23.1 Å². The van der Waals surface area contributed by atoms with Gasteiger partial charge in [-0.05, 0) is 24.0 Å². The summed E-state index contributed by atoms with van der Waals surface area (Å²) in [6.45, 7) is 4.57. The number of carbonyl (C=O) groups excluding carboxylic acids is 1. The summed E-state index contributed by atoms with van der Waals surface area (Å²) in [4.78, 5) is 33.5. The van der Waals surface area contributed by atoms with Crippen molar-refractivity contribution in [3.05, 3.63) is 87.8 Å². The van der Waals surface area contributed by atoms with Crippen molar-refractivity contribution in [2.24, 2.45) is 0 Å². The molecule has 0 bridgehead atoms. The van der Waals surface area contributed by atoms with E-state index >= 15 is 0 Å². The van der Waals surface area contributed by atoms with Crippen LogP contribution in [-0.4, -0.2) is 27.7 Å². The first-order chi connectivity index (χ1) is 15.5. The molecule has 4 aromatic rings. The van der Waals surface area contributed by atoms with Gasteiger partial charge in [0.05, 0.1) is 16.4 Å². The molecule has 0 fully saturated rings. The summed E-state index contributed by atoms with van der Waals surface area (Å²) < 4.78 is 0. The third-order valence-electron chi connectivity index (χ3n) is 5.37. The second-order valence-corrected chi connectivity index (χ2v) is 9.91. The number of thioether (sulfide) groups is 1. The topological polar surface area (TPSA) is 74.8 Å². The number of carbonyl (C=O) groups is 1. The highest BCUT2D eigenvalue weighted by Crippen LogP contribution is 2.30. The van der Waals surface area contributed by atoms with Crippen LogP contribution in [0.4, 0.5) is 0 Å². The molecule has 0 aliphatic heterocycles. The Hall–Kier alpha value is -2.90. The molecule has 32 heavy (non-hydrogen) atoms. The van der Waals surface area contributed by atoms with E-state index in [-0.39, 0.29) is 22.6 Å². The van der Waals surface area contributed by atoms with Crippen molar-refractivity contribution < 1.29 is 4.79 Å². The van der Waals surface area contributed by atoms with Crippen LogP contribution in [0.25, 0.3) is 21.3 Å². The SMILES string of the molecule is CC(SCc1nc2scc(-c3ccccc3)c2c(=O)[nH]1)C(=O)NCC(C)c1ccccc1. The quantitative estimate of drug-likeness (QED) is 0.377. The number of amides is 1. The number of aromatic nitrogens is 2. The van der Waals surface area contributed by atoms with E-state index < -0.39 is 0 Å². The molecule has 0 saturated heterocycles. The standard InChI is InChI=1S/C25H25N3O2S2/c1-16(18-9-5-3-6-10-18)13-26-23(29)17(2)31-15-21-27-24(30)22-20(14-32-25(22)28-21)19-11-7-4-8-12-19/h3-12,14,16-17H,13,15H2,1-2H3,(H,26,29)(H,27,28,30). The monoisotopic (exact) mass is 463 g/mol. The van der Waals surface area contributed by atoms with Gasteiger partial charge in [0.15, 0.2) is 0 Å². The van der Waals surface area contributed by atoms with Crippen LogP contribution in [0.3, 0.4) is 0 Å². The molecule has 0 saturated carbocycles. The van der Waals surface area contributed by atoms with Gasteiger partial charge < -0.3 is 10.3 Å². The number of benzene rings is 2. The Morgan fingerprint density at radius 2 is 1.78 bits per heavy atom. The minimum atomic E-state index is -0.248. The molecular weight excluding hydrogens is 438 g/mol. The Balaban J connectivity index is 1.37. The molecule has 1 amide bonds. The summed E-state index contributed by atoms with van der Waals surface area (Å²) in [6.07, 6.45) is 0. The van der Waals surface area contributed by atoms with Crippen LogP contribution in [0.1, 0.15) is 31.2 Å². The normalized spacial score (nSPS) is 13.1. The van der Waals surface area contributed by atoms with Crippen molar-refractivity contribution in [1.82, 2.24) is 15.3 Å². The summed E-state index contributed by atoms with van der Waals surface area (Å²) in [5.74, 6) is 1.29. The molecule has 2 heterocycles. The van der Waals surface area contributed by atoms with Gasteiger partial charge in [-0.2, -0.15) is 0 Å². The molecule has 0 radical (unpaired) electrons. The highest BCUT2D eigenvalue weighted by Gasteiger charge is 2.17. The van der Waals surface area contributed by atoms with E-state index in [1.54, 1.807) is 0 Å². The first-order valence-corrected chi connectivity index (χ1v) is 12.5. The lowest BCUT2D eigenvalue weighted by Crippen LogP contribution is -2.33. The first-order valence-electron chi connectivity index (χ1n) is 10.5. The number of nitrogens with zero attached hydrogens (tertiary/aromatic N) is 1. The molecule has 2 N–H and O–H groups in total. The number of thiophene rings is 1. The fourth-order valence-corrected chi connectivity index (χ4v) is 5.21. The summed E-state index contributed by atoms with van der Waals surface area (Å²) in [6, 6.07) is 20.0. The molecule has 164 valence electrons. The molecule has 2 atom stereocenters. The molecule has 2 aromatic heterocycles. The predicted octanol–water partition coefficient (Wildman–Crippen LogP) is 5.19. The van der Waals surface area contributed by atoms with E-state index in [1.165, 1.54) is 28.7 Å². The van der Waals surface area contributed by atoms with Crippen molar-refractivity contribution in [2.75, 3.05) is 6.54 Å². The van der Waals surface area contributed by atoms with Crippen LogP contribution in [0.15, 0.2) is 70.8 Å². The van der Waals surface area contributed by atoms with E-state index in [0.717, 1.165) is 16.0 Å². The Morgan fingerprint density at radius 1 is 1.09 bits per heavy atom. The van der Waals surface area contributed by atoms with Crippen molar-refractivity contribution >= 4 is 39.2 Å². The lowest BCUT2D eigenvalue weighted by Gasteiger charge is -2.16. The van der Waals surface area contributed by atoms with Gasteiger partial charge >= 0.3 is 0 Å². The van der Waals surface area contributed by atoms with Crippen molar-refractivity contribution in [1.29, 1.82) is 0 Å². The van der Waals surface area contributed by atoms with Crippen LogP contribution in [-0.2, 0) is 10.5 Å². The Kier molecular flexibility index (Phi) is 7.07. The average molecular weight is 464 g/mol. The maximum absolute atomic E-state index is 12.8.